The molecule has 0 fully saturated rings. The molecule has 0 atom stereocenters. The number of carbonyl (C=O) groups is 2. The molecule has 0 radical (unpaired) electrons. The second kappa shape index (κ2) is 10.2. The summed E-state index contributed by atoms with van der Waals surface area (Å²) < 4.78 is 37.1. The number of carbonyl (C=O) groups excluding carboxylic acids is 2. The highest BCUT2D eigenvalue weighted by Gasteiger charge is 2.22. The molecule has 0 heterocycles. The number of aryl methyl sites for hydroxylation is 1. The van der Waals surface area contributed by atoms with Crippen LogP contribution in [-0.2, 0) is 19.6 Å². The molecule has 0 saturated heterocycles. The normalized spacial score (nSPS) is 10.9. The first-order chi connectivity index (χ1) is 15.7. The Morgan fingerprint density at radius 2 is 1.64 bits per heavy atom. The Bertz CT molecular complexity index is 1240. The zero-order valence-electron chi connectivity index (χ0n) is 18.4. The minimum Gasteiger partial charge on any atom is -0.495 e. The molecule has 0 saturated carbocycles. The topological polar surface area (TPSA) is 102 Å². The van der Waals surface area contributed by atoms with E-state index in [0.29, 0.717) is 17.1 Å². The van der Waals surface area contributed by atoms with Crippen LogP contribution in [0.4, 0.5) is 11.4 Å². The molecule has 0 aliphatic carbocycles. The van der Waals surface area contributed by atoms with Gasteiger partial charge in [0.05, 0.1) is 28.9 Å². The van der Waals surface area contributed by atoms with Crippen LogP contribution in [0.5, 0.6) is 5.75 Å². The molecule has 0 aliphatic rings. The fourth-order valence-corrected chi connectivity index (χ4v) is 4.21. The number of hydrogen-bond acceptors (Lipinski definition) is 6. The van der Waals surface area contributed by atoms with Crippen molar-refractivity contribution in [2.24, 2.45) is 0 Å². The molecule has 0 aliphatic heterocycles. The number of benzene rings is 3. The highest BCUT2D eigenvalue weighted by molar-refractivity contribution is 7.92. The molecule has 0 unspecified atom stereocenters. The van der Waals surface area contributed by atoms with Crippen molar-refractivity contribution in [3.05, 3.63) is 83.9 Å². The summed E-state index contributed by atoms with van der Waals surface area (Å²) in [5.74, 6) is -0.796. The molecular formula is C24H24N2O6S. The largest absolute Gasteiger partial charge is 0.495 e. The van der Waals surface area contributed by atoms with E-state index in [1.54, 1.807) is 42.5 Å². The highest BCUT2D eigenvalue weighted by Crippen LogP contribution is 2.25. The summed E-state index contributed by atoms with van der Waals surface area (Å²) in [4.78, 5) is 24.5. The van der Waals surface area contributed by atoms with Crippen molar-refractivity contribution in [2.45, 2.75) is 11.8 Å². The summed E-state index contributed by atoms with van der Waals surface area (Å²) in [7, 11) is -0.859. The summed E-state index contributed by atoms with van der Waals surface area (Å²) >= 11 is 0. The molecule has 1 amide bonds. The van der Waals surface area contributed by atoms with Crippen LogP contribution in [0.3, 0.4) is 0 Å². The predicted molar refractivity (Wildman–Crippen MR) is 125 cm³/mol. The summed E-state index contributed by atoms with van der Waals surface area (Å²) in [6.07, 6.45) is 0. The summed E-state index contributed by atoms with van der Waals surface area (Å²) in [5, 5.41) is 2.64. The Balaban J connectivity index is 1.62. The number of methoxy groups -OCH3 is 1. The zero-order chi connectivity index (χ0) is 24.0. The average molecular weight is 469 g/mol. The smallest absolute Gasteiger partial charge is 0.338 e. The number of rotatable bonds is 8. The van der Waals surface area contributed by atoms with Gasteiger partial charge in [-0.15, -0.1) is 0 Å². The van der Waals surface area contributed by atoms with Crippen molar-refractivity contribution in [2.75, 3.05) is 30.4 Å². The van der Waals surface area contributed by atoms with Crippen LogP contribution in [0.2, 0.25) is 0 Å². The van der Waals surface area contributed by atoms with Gasteiger partial charge in [-0.1, -0.05) is 24.3 Å². The maximum absolute atomic E-state index is 12.8. The maximum Gasteiger partial charge on any atom is 0.338 e. The van der Waals surface area contributed by atoms with Crippen molar-refractivity contribution in [3.8, 4) is 5.75 Å². The van der Waals surface area contributed by atoms with Gasteiger partial charge in [-0.2, -0.15) is 0 Å². The van der Waals surface area contributed by atoms with Gasteiger partial charge in [0.1, 0.15) is 5.75 Å². The van der Waals surface area contributed by atoms with E-state index in [0.717, 1.165) is 9.87 Å². The third-order valence-corrected chi connectivity index (χ3v) is 6.63. The lowest BCUT2D eigenvalue weighted by Gasteiger charge is -2.19. The Morgan fingerprint density at radius 3 is 2.27 bits per heavy atom. The fourth-order valence-electron chi connectivity index (χ4n) is 3.02. The van der Waals surface area contributed by atoms with Gasteiger partial charge in [0.15, 0.2) is 6.61 Å². The van der Waals surface area contributed by atoms with Gasteiger partial charge in [-0.3, -0.25) is 9.10 Å². The van der Waals surface area contributed by atoms with Gasteiger partial charge >= 0.3 is 5.97 Å². The molecule has 0 bridgehead atoms. The van der Waals surface area contributed by atoms with Crippen LogP contribution in [0.15, 0.2) is 77.7 Å². The Hall–Kier alpha value is -3.85. The predicted octanol–water partition coefficient (Wildman–Crippen LogP) is 3.62. The first-order valence-corrected chi connectivity index (χ1v) is 11.4. The highest BCUT2D eigenvalue weighted by atomic mass is 32.2. The lowest BCUT2D eigenvalue weighted by Crippen LogP contribution is -2.26. The van der Waals surface area contributed by atoms with Gasteiger partial charge in [0.25, 0.3) is 15.9 Å². The summed E-state index contributed by atoms with van der Waals surface area (Å²) in [6.45, 7) is 1.36. The number of nitrogens with zero attached hydrogens (tertiary/aromatic N) is 1. The van der Waals surface area contributed by atoms with Crippen molar-refractivity contribution >= 4 is 33.3 Å². The van der Waals surface area contributed by atoms with Gasteiger partial charge in [-0.05, 0) is 61.0 Å². The lowest BCUT2D eigenvalue weighted by molar-refractivity contribution is -0.119. The molecule has 172 valence electrons. The summed E-state index contributed by atoms with van der Waals surface area (Å²) in [6, 6.07) is 19.3. The first kappa shape index (κ1) is 23.8. The third kappa shape index (κ3) is 5.69. The molecule has 3 aromatic carbocycles. The van der Waals surface area contributed by atoms with Crippen LogP contribution in [0.1, 0.15) is 15.9 Å². The van der Waals surface area contributed by atoms with Crippen LogP contribution < -0.4 is 14.4 Å². The molecular weight excluding hydrogens is 444 g/mol. The van der Waals surface area contributed by atoms with Crippen molar-refractivity contribution < 1.29 is 27.5 Å². The van der Waals surface area contributed by atoms with E-state index in [-0.39, 0.29) is 10.5 Å². The van der Waals surface area contributed by atoms with Gasteiger partial charge < -0.3 is 14.8 Å². The van der Waals surface area contributed by atoms with E-state index < -0.39 is 28.5 Å². The minimum absolute atomic E-state index is 0.0229. The van der Waals surface area contributed by atoms with E-state index in [1.807, 2.05) is 13.0 Å². The van der Waals surface area contributed by atoms with Gasteiger partial charge in [0.2, 0.25) is 0 Å². The van der Waals surface area contributed by atoms with Crippen molar-refractivity contribution in [1.29, 1.82) is 0 Å². The maximum atomic E-state index is 12.8. The number of esters is 1. The number of ether oxygens (including phenoxy) is 2. The third-order valence-electron chi connectivity index (χ3n) is 4.83. The first-order valence-electron chi connectivity index (χ1n) is 9.98. The SMILES string of the molecule is COc1ccc(C)cc1NC(=O)COC(=O)c1ccc(S(=O)(=O)N(C)c2ccccc2)cc1. The van der Waals surface area contributed by atoms with Crippen LogP contribution in [0.25, 0.3) is 0 Å². The molecule has 0 spiro atoms. The molecule has 8 nitrogen and oxygen atoms in total. The Kier molecular flexibility index (Phi) is 7.34. The standard InChI is InChI=1S/C24H24N2O6S/c1-17-9-14-22(31-3)21(15-17)25-23(27)16-32-24(28)18-10-12-20(13-11-18)33(29,30)26(2)19-7-5-4-6-8-19/h4-15H,16H2,1-3H3,(H,25,27). The quantitative estimate of drug-likeness (QED) is 0.507. The number of sulfonamides is 1. The molecule has 33 heavy (non-hydrogen) atoms. The molecule has 1 N–H and O–H groups in total. The van der Waals surface area contributed by atoms with Crippen molar-refractivity contribution in [3.63, 3.8) is 0 Å². The van der Waals surface area contributed by atoms with Crippen LogP contribution >= 0.6 is 0 Å². The Labute approximate surface area is 192 Å². The summed E-state index contributed by atoms with van der Waals surface area (Å²) in [5.41, 5.74) is 2.03. The molecule has 9 heteroatoms. The van der Waals surface area contributed by atoms with E-state index in [9.17, 15) is 18.0 Å². The van der Waals surface area contributed by atoms with E-state index in [4.69, 9.17) is 9.47 Å². The number of nitrogens with one attached hydrogen (secondary N) is 1. The number of hydrogen-bond donors (Lipinski definition) is 1. The van der Waals surface area contributed by atoms with Gasteiger partial charge in [-0.25, -0.2) is 13.2 Å². The number of para-hydroxylation sites is 1. The number of anilines is 2. The number of amides is 1. The Morgan fingerprint density at radius 1 is 0.970 bits per heavy atom. The van der Waals surface area contributed by atoms with Crippen LogP contribution in [-0.4, -0.2) is 41.1 Å². The van der Waals surface area contributed by atoms with Gasteiger partial charge in [0, 0.05) is 7.05 Å². The second-order valence-corrected chi connectivity index (χ2v) is 9.13. The molecule has 3 rings (SSSR count). The van der Waals surface area contributed by atoms with Crippen molar-refractivity contribution in [1.82, 2.24) is 0 Å². The van der Waals surface area contributed by atoms with Crippen LogP contribution in [0, 0.1) is 6.92 Å². The van der Waals surface area contributed by atoms with E-state index in [2.05, 4.69) is 5.32 Å². The fraction of sp³-hybridized carbons (Fsp3) is 0.167. The molecule has 0 aromatic heterocycles. The second-order valence-electron chi connectivity index (χ2n) is 7.16. The monoisotopic (exact) mass is 468 g/mol. The zero-order valence-corrected chi connectivity index (χ0v) is 19.3. The van der Waals surface area contributed by atoms with E-state index >= 15 is 0 Å². The minimum atomic E-state index is -3.80. The average Bonchev–Trinajstić information content (AvgIpc) is 2.82. The lowest BCUT2D eigenvalue weighted by atomic mass is 10.2. The molecule has 3 aromatic rings. The van der Waals surface area contributed by atoms with E-state index in [1.165, 1.54) is 38.4 Å².